The number of rotatable bonds is 5. The third-order valence-electron chi connectivity index (χ3n) is 3.37. The molecule has 20 heavy (non-hydrogen) atoms. The van der Waals surface area contributed by atoms with Crippen LogP contribution in [0.15, 0.2) is 47.1 Å². The Morgan fingerprint density at radius 1 is 1.25 bits per heavy atom. The largest absolute Gasteiger partial charge is 0.469 e. The van der Waals surface area contributed by atoms with Crippen molar-refractivity contribution in [3.63, 3.8) is 0 Å². The van der Waals surface area contributed by atoms with Gasteiger partial charge in [-0.3, -0.25) is 4.79 Å². The van der Waals surface area contributed by atoms with Gasteiger partial charge < -0.3 is 14.6 Å². The molecule has 1 heterocycles. The molecule has 0 radical (unpaired) electrons. The Bertz CT molecular complexity index is 561. The van der Waals surface area contributed by atoms with Crippen LogP contribution in [-0.2, 0) is 0 Å². The second-order valence-corrected chi connectivity index (χ2v) is 4.99. The van der Waals surface area contributed by atoms with Gasteiger partial charge in [0.05, 0.1) is 17.9 Å². The lowest BCUT2D eigenvalue weighted by Gasteiger charge is -2.25. The first kappa shape index (κ1) is 14.3. The highest BCUT2D eigenvalue weighted by molar-refractivity contribution is 5.95. The molecule has 0 fully saturated rings. The average Bonchev–Trinajstić information content (AvgIpc) is 2.86. The summed E-state index contributed by atoms with van der Waals surface area (Å²) in [5.41, 5.74) is 1.78. The smallest absolute Gasteiger partial charge is 0.254 e. The first-order valence-corrected chi connectivity index (χ1v) is 6.63. The van der Waals surface area contributed by atoms with E-state index in [-0.39, 0.29) is 11.9 Å². The molecule has 0 aliphatic rings. The minimum Gasteiger partial charge on any atom is -0.469 e. The minimum atomic E-state index is -0.0981. The molecular weight excluding hydrogens is 252 g/mol. The highest BCUT2D eigenvalue weighted by atomic mass is 16.3. The second-order valence-electron chi connectivity index (χ2n) is 4.99. The zero-order valence-electron chi connectivity index (χ0n) is 12.1. The highest BCUT2D eigenvalue weighted by Gasteiger charge is 2.17. The van der Waals surface area contributed by atoms with Gasteiger partial charge >= 0.3 is 0 Å². The molecule has 0 aliphatic carbocycles. The molecular formula is C16H20N2O2. The average molecular weight is 272 g/mol. The van der Waals surface area contributed by atoms with Gasteiger partial charge in [0.15, 0.2) is 0 Å². The third kappa shape index (κ3) is 3.27. The summed E-state index contributed by atoms with van der Waals surface area (Å²) >= 11 is 0. The Morgan fingerprint density at radius 3 is 2.50 bits per heavy atom. The fourth-order valence-corrected chi connectivity index (χ4v) is 2.18. The van der Waals surface area contributed by atoms with Gasteiger partial charge in [-0.15, -0.1) is 0 Å². The monoisotopic (exact) mass is 272 g/mol. The number of nitrogens with one attached hydrogen (secondary N) is 1. The summed E-state index contributed by atoms with van der Waals surface area (Å²) in [6.07, 6.45) is 1.53. The number of nitrogens with zero attached hydrogens (tertiary/aromatic N) is 1. The molecule has 0 aliphatic heterocycles. The van der Waals surface area contributed by atoms with E-state index in [1.54, 1.807) is 13.0 Å². The minimum absolute atomic E-state index is 0.0981. The first-order valence-electron chi connectivity index (χ1n) is 6.63. The topological polar surface area (TPSA) is 45.5 Å². The van der Waals surface area contributed by atoms with Crippen LogP contribution in [0.25, 0.3) is 0 Å². The maximum Gasteiger partial charge on any atom is 0.254 e. The van der Waals surface area contributed by atoms with E-state index in [9.17, 15) is 4.79 Å². The van der Waals surface area contributed by atoms with E-state index in [1.165, 1.54) is 11.8 Å². The summed E-state index contributed by atoms with van der Waals surface area (Å²) in [5, 5.41) is 2.97. The SMILES string of the molecule is Cc1occc1C(=O)NCC(c1ccccc1)N(C)C. The maximum atomic E-state index is 12.1. The predicted octanol–water partition coefficient (Wildman–Crippen LogP) is 2.62. The molecule has 1 aromatic heterocycles. The van der Waals surface area contributed by atoms with Gasteiger partial charge in [-0.2, -0.15) is 0 Å². The van der Waals surface area contributed by atoms with Crippen molar-refractivity contribution in [3.05, 3.63) is 59.5 Å². The Balaban J connectivity index is 2.04. The molecule has 0 saturated heterocycles. The number of carbonyl (C=O) groups excluding carboxylic acids is 1. The van der Waals surface area contributed by atoms with Crippen LogP contribution < -0.4 is 5.32 Å². The van der Waals surface area contributed by atoms with Gasteiger partial charge in [0.1, 0.15) is 5.76 Å². The molecule has 4 heteroatoms. The van der Waals surface area contributed by atoms with E-state index in [2.05, 4.69) is 22.3 Å². The predicted molar refractivity (Wildman–Crippen MR) is 78.6 cm³/mol. The summed E-state index contributed by atoms with van der Waals surface area (Å²) in [7, 11) is 4.01. The number of likely N-dealkylation sites (N-methyl/N-ethyl adjacent to an activating group) is 1. The van der Waals surface area contributed by atoms with Crippen molar-refractivity contribution in [3.8, 4) is 0 Å². The lowest BCUT2D eigenvalue weighted by molar-refractivity contribution is 0.0940. The normalized spacial score (nSPS) is 12.4. The number of aryl methyl sites for hydroxylation is 1. The molecule has 2 rings (SSSR count). The fourth-order valence-electron chi connectivity index (χ4n) is 2.18. The second kappa shape index (κ2) is 6.39. The van der Waals surface area contributed by atoms with Crippen LogP contribution in [0.4, 0.5) is 0 Å². The van der Waals surface area contributed by atoms with Crippen molar-refractivity contribution in [2.45, 2.75) is 13.0 Å². The quantitative estimate of drug-likeness (QED) is 0.910. The van der Waals surface area contributed by atoms with Crippen molar-refractivity contribution < 1.29 is 9.21 Å². The zero-order chi connectivity index (χ0) is 14.5. The Kier molecular flexibility index (Phi) is 4.58. The molecule has 0 saturated carbocycles. The van der Waals surface area contributed by atoms with Crippen molar-refractivity contribution in [1.82, 2.24) is 10.2 Å². The van der Waals surface area contributed by atoms with Crippen molar-refractivity contribution in [2.24, 2.45) is 0 Å². The van der Waals surface area contributed by atoms with Gasteiger partial charge in [0.2, 0.25) is 0 Å². The number of benzene rings is 1. The number of hydrogen-bond acceptors (Lipinski definition) is 3. The number of carbonyl (C=O) groups is 1. The molecule has 2 aromatic rings. The summed E-state index contributed by atoms with van der Waals surface area (Å²) in [6.45, 7) is 2.34. The van der Waals surface area contributed by atoms with Gasteiger partial charge in [0, 0.05) is 6.54 Å². The van der Waals surface area contributed by atoms with Gasteiger partial charge in [-0.05, 0) is 32.6 Å². The molecule has 106 valence electrons. The van der Waals surface area contributed by atoms with E-state index >= 15 is 0 Å². The molecule has 1 atom stereocenters. The number of hydrogen-bond donors (Lipinski definition) is 1. The fraction of sp³-hybridized carbons (Fsp3) is 0.312. The molecule has 1 amide bonds. The van der Waals surface area contributed by atoms with Crippen molar-refractivity contribution >= 4 is 5.91 Å². The summed E-state index contributed by atoms with van der Waals surface area (Å²) < 4.78 is 5.15. The molecule has 1 N–H and O–H groups in total. The zero-order valence-corrected chi connectivity index (χ0v) is 12.1. The van der Waals surface area contributed by atoms with E-state index < -0.39 is 0 Å². The highest BCUT2D eigenvalue weighted by Crippen LogP contribution is 2.17. The first-order chi connectivity index (χ1) is 9.59. The van der Waals surface area contributed by atoms with Gasteiger partial charge in [0.25, 0.3) is 5.91 Å². The van der Waals surface area contributed by atoms with Crippen LogP contribution in [0, 0.1) is 6.92 Å². The standard InChI is InChI=1S/C16H20N2O2/c1-12-14(9-10-20-12)16(19)17-11-15(18(2)3)13-7-5-4-6-8-13/h4-10,15H,11H2,1-3H3,(H,17,19). The Morgan fingerprint density at radius 2 is 1.95 bits per heavy atom. The van der Waals surface area contributed by atoms with E-state index in [0.29, 0.717) is 17.9 Å². The van der Waals surface area contributed by atoms with E-state index in [1.807, 2.05) is 32.3 Å². The number of furan rings is 1. The van der Waals surface area contributed by atoms with Crippen molar-refractivity contribution in [1.29, 1.82) is 0 Å². The van der Waals surface area contributed by atoms with Gasteiger partial charge in [-0.1, -0.05) is 30.3 Å². The summed E-state index contributed by atoms with van der Waals surface area (Å²) in [6, 6.07) is 12.0. The lowest BCUT2D eigenvalue weighted by Crippen LogP contribution is -2.34. The van der Waals surface area contributed by atoms with Crippen LogP contribution in [0.1, 0.15) is 27.7 Å². The van der Waals surface area contributed by atoms with Crippen LogP contribution >= 0.6 is 0 Å². The molecule has 4 nitrogen and oxygen atoms in total. The summed E-state index contributed by atoms with van der Waals surface area (Å²) in [4.78, 5) is 14.2. The number of amides is 1. The van der Waals surface area contributed by atoms with E-state index in [0.717, 1.165) is 0 Å². The third-order valence-corrected chi connectivity index (χ3v) is 3.37. The summed E-state index contributed by atoms with van der Waals surface area (Å²) in [5.74, 6) is 0.544. The maximum absolute atomic E-state index is 12.1. The Hall–Kier alpha value is -2.07. The van der Waals surface area contributed by atoms with E-state index in [4.69, 9.17) is 4.42 Å². The lowest BCUT2D eigenvalue weighted by atomic mass is 10.1. The molecule has 0 spiro atoms. The molecule has 1 aromatic carbocycles. The molecule has 1 unspecified atom stereocenters. The Labute approximate surface area is 119 Å². The van der Waals surface area contributed by atoms with Crippen LogP contribution in [-0.4, -0.2) is 31.4 Å². The van der Waals surface area contributed by atoms with Crippen molar-refractivity contribution in [2.75, 3.05) is 20.6 Å². The van der Waals surface area contributed by atoms with Crippen LogP contribution in [0.5, 0.6) is 0 Å². The van der Waals surface area contributed by atoms with Crippen LogP contribution in [0.3, 0.4) is 0 Å². The van der Waals surface area contributed by atoms with Crippen LogP contribution in [0.2, 0.25) is 0 Å². The van der Waals surface area contributed by atoms with Gasteiger partial charge in [-0.25, -0.2) is 0 Å². The molecule has 0 bridgehead atoms.